The summed E-state index contributed by atoms with van der Waals surface area (Å²) in [6, 6.07) is 0. The van der Waals surface area contributed by atoms with E-state index < -0.39 is 11.8 Å². The summed E-state index contributed by atoms with van der Waals surface area (Å²) in [7, 11) is 3.67. The predicted octanol–water partition coefficient (Wildman–Crippen LogP) is 6.16. The van der Waals surface area contributed by atoms with Crippen LogP contribution in [0.3, 0.4) is 0 Å². The summed E-state index contributed by atoms with van der Waals surface area (Å²) in [6.07, 6.45) is 14.7. The third kappa shape index (κ3) is 11.4. The van der Waals surface area contributed by atoms with E-state index in [-0.39, 0.29) is 17.8 Å². The maximum absolute atomic E-state index is 12.5. The van der Waals surface area contributed by atoms with Crippen LogP contribution in [0.2, 0.25) is 0 Å². The van der Waals surface area contributed by atoms with Gasteiger partial charge < -0.3 is 9.84 Å². The van der Waals surface area contributed by atoms with E-state index in [4.69, 9.17) is 4.74 Å². The molecule has 1 N–H and O–H groups in total. The number of aliphatic hydroxyl groups is 1. The van der Waals surface area contributed by atoms with Crippen LogP contribution in [0.15, 0.2) is 0 Å². The minimum atomic E-state index is -1.07. The van der Waals surface area contributed by atoms with Crippen molar-refractivity contribution in [3.8, 4) is 0 Å². The topological polar surface area (TPSA) is 49.8 Å². The van der Waals surface area contributed by atoms with Crippen molar-refractivity contribution < 1.29 is 14.6 Å². The quantitative estimate of drug-likeness (QED) is 0.181. The first-order chi connectivity index (χ1) is 13.1. The Balaban J connectivity index is 3.97. The van der Waals surface area contributed by atoms with Crippen LogP contribution >= 0.6 is 0 Å². The molecule has 4 heteroatoms. The molecule has 3 atom stereocenters. The lowest BCUT2D eigenvalue weighted by atomic mass is 9.90. The molecule has 0 amide bonds. The smallest absolute Gasteiger partial charge is 0.310 e. The second-order valence-electron chi connectivity index (χ2n) is 9.36. The highest BCUT2D eigenvalue weighted by molar-refractivity contribution is 5.72. The number of hydrogen-bond acceptors (Lipinski definition) is 4. The van der Waals surface area contributed by atoms with Gasteiger partial charge in [0.05, 0.1) is 5.92 Å². The van der Waals surface area contributed by atoms with E-state index >= 15 is 0 Å². The summed E-state index contributed by atoms with van der Waals surface area (Å²) in [6.45, 7) is 9.83. The van der Waals surface area contributed by atoms with Crippen molar-refractivity contribution in [2.75, 3.05) is 14.1 Å². The molecule has 0 spiro atoms. The minimum Gasteiger partial charge on any atom is -0.443 e. The monoisotopic (exact) mass is 399 g/mol. The number of carbonyl (C=O) groups is 1. The lowest BCUT2D eigenvalue weighted by Gasteiger charge is -2.39. The van der Waals surface area contributed by atoms with Crippen LogP contribution in [-0.2, 0) is 9.53 Å². The standard InChI is InChI=1S/C24H49NO3/c1-8-9-10-11-12-13-14-15-16-17-18-19-21(4)22(26)28-23(25(6)7)24(5,27)20(2)3/h20-21,23,27H,8-19H2,1-7H3. The van der Waals surface area contributed by atoms with Gasteiger partial charge in [0, 0.05) is 0 Å². The summed E-state index contributed by atoms with van der Waals surface area (Å²) in [5.74, 6) is -0.328. The predicted molar refractivity (Wildman–Crippen MR) is 119 cm³/mol. The van der Waals surface area contributed by atoms with E-state index in [1.807, 2.05) is 34.9 Å². The fourth-order valence-corrected chi connectivity index (χ4v) is 3.49. The van der Waals surface area contributed by atoms with Gasteiger partial charge in [-0.2, -0.15) is 0 Å². The zero-order valence-corrected chi connectivity index (χ0v) is 19.9. The Morgan fingerprint density at radius 2 is 1.32 bits per heavy atom. The number of carbonyl (C=O) groups excluding carboxylic acids is 1. The number of unbranched alkanes of at least 4 members (excludes halogenated alkanes) is 10. The molecule has 0 fully saturated rings. The Bertz CT molecular complexity index is 393. The molecule has 0 heterocycles. The summed E-state index contributed by atoms with van der Waals surface area (Å²) < 4.78 is 5.69. The van der Waals surface area contributed by atoms with Crippen LogP contribution in [0, 0.1) is 11.8 Å². The van der Waals surface area contributed by atoms with Gasteiger partial charge in [-0.25, -0.2) is 0 Å². The van der Waals surface area contributed by atoms with Crippen LogP contribution in [-0.4, -0.2) is 41.9 Å². The molecule has 0 saturated heterocycles. The van der Waals surface area contributed by atoms with Gasteiger partial charge in [-0.05, 0) is 33.4 Å². The molecule has 0 aromatic carbocycles. The molecule has 0 rings (SSSR count). The molecule has 3 unspecified atom stereocenters. The Hall–Kier alpha value is -0.610. The van der Waals surface area contributed by atoms with Crippen molar-refractivity contribution in [2.45, 2.75) is 123 Å². The average molecular weight is 400 g/mol. The lowest BCUT2D eigenvalue weighted by Crippen LogP contribution is -2.54. The summed E-state index contributed by atoms with van der Waals surface area (Å²) in [5, 5.41) is 10.7. The first-order valence-electron chi connectivity index (χ1n) is 11.7. The highest BCUT2D eigenvalue weighted by Gasteiger charge is 2.40. The first-order valence-corrected chi connectivity index (χ1v) is 11.7. The molecule has 0 aliphatic carbocycles. The van der Waals surface area contributed by atoms with Crippen LogP contribution in [0.5, 0.6) is 0 Å². The third-order valence-electron chi connectivity index (χ3n) is 6.01. The van der Waals surface area contributed by atoms with E-state index in [1.54, 1.807) is 11.8 Å². The molecule has 0 aliphatic heterocycles. The van der Waals surface area contributed by atoms with Gasteiger partial charge in [-0.3, -0.25) is 9.69 Å². The largest absolute Gasteiger partial charge is 0.443 e. The molecular weight excluding hydrogens is 350 g/mol. The molecule has 28 heavy (non-hydrogen) atoms. The van der Waals surface area contributed by atoms with Crippen molar-refractivity contribution in [1.82, 2.24) is 4.90 Å². The van der Waals surface area contributed by atoms with Crippen LogP contribution in [0.4, 0.5) is 0 Å². The fraction of sp³-hybridized carbons (Fsp3) is 0.958. The average Bonchev–Trinajstić information content (AvgIpc) is 2.63. The normalized spacial score (nSPS) is 16.2. The van der Waals surface area contributed by atoms with E-state index in [9.17, 15) is 9.90 Å². The summed E-state index contributed by atoms with van der Waals surface area (Å²) >= 11 is 0. The minimum absolute atomic E-state index is 0.00495. The van der Waals surface area contributed by atoms with Gasteiger partial charge in [-0.15, -0.1) is 0 Å². The van der Waals surface area contributed by atoms with Gasteiger partial charge in [0.25, 0.3) is 0 Å². The molecular formula is C24H49NO3. The summed E-state index contributed by atoms with van der Waals surface area (Å²) in [4.78, 5) is 14.3. The van der Waals surface area contributed by atoms with Gasteiger partial charge in [-0.1, -0.05) is 98.3 Å². The lowest BCUT2D eigenvalue weighted by molar-refractivity contribution is -0.196. The Morgan fingerprint density at radius 1 is 0.893 bits per heavy atom. The van der Waals surface area contributed by atoms with Crippen molar-refractivity contribution in [1.29, 1.82) is 0 Å². The Labute approximate surface area is 175 Å². The number of hydrogen-bond donors (Lipinski definition) is 1. The number of esters is 1. The molecule has 0 bridgehead atoms. The third-order valence-corrected chi connectivity index (χ3v) is 6.01. The zero-order valence-electron chi connectivity index (χ0n) is 19.9. The van der Waals surface area contributed by atoms with E-state index in [0.717, 1.165) is 12.8 Å². The van der Waals surface area contributed by atoms with Gasteiger partial charge in [0.15, 0.2) is 6.23 Å². The second kappa shape index (κ2) is 15.3. The first kappa shape index (κ1) is 27.4. The maximum atomic E-state index is 12.5. The SMILES string of the molecule is CCCCCCCCCCCCCC(C)C(=O)OC(N(C)C)C(C)(O)C(C)C. The van der Waals surface area contributed by atoms with E-state index in [2.05, 4.69) is 6.92 Å². The van der Waals surface area contributed by atoms with Crippen LogP contribution < -0.4 is 0 Å². The van der Waals surface area contributed by atoms with Crippen LogP contribution in [0.1, 0.15) is 112 Å². The van der Waals surface area contributed by atoms with Crippen molar-refractivity contribution in [3.63, 3.8) is 0 Å². The van der Waals surface area contributed by atoms with Crippen LogP contribution in [0.25, 0.3) is 0 Å². The zero-order chi connectivity index (χ0) is 21.6. The Kier molecular flexibility index (Phi) is 14.9. The highest BCUT2D eigenvalue weighted by Crippen LogP contribution is 2.26. The Morgan fingerprint density at radius 3 is 1.71 bits per heavy atom. The molecule has 4 nitrogen and oxygen atoms in total. The van der Waals surface area contributed by atoms with Gasteiger partial charge in [0.1, 0.15) is 5.60 Å². The van der Waals surface area contributed by atoms with Crippen molar-refractivity contribution in [3.05, 3.63) is 0 Å². The number of nitrogens with zero attached hydrogens (tertiary/aromatic N) is 1. The van der Waals surface area contributed by atoms with E-state index in [1.165, 1.54) is 64.2 Å². The van der Waals surface area contributed by atoms with Gasteiger partial charge in [0.2, 0.25) is 0 Å². The molecule has 0 saturated carbocycles. The molecule has 168 valence electrons. The number of ether oxygens (including phenoxy) is 1. The fourth-order valence-electron chi connectivity index (χ4n) is 3.49. The maximum Gasteiger partial charge on any atom is 0.310 e. The van der Waals surface area contributed by atoms with Crippen molar-refractivity contribution >= 4 is 5.97 Å². The second-order valence-corrected chi connectivity index (χ2v) is 9.36. The van der Waals surface area contributed by atoms with Gasteiger partial charge >= 0.3 is 5.97 Å². The molecule has 0 aromatic heterocycles. The summed E-state index contributed by atoms with van der Waals surface area (Å²) in [5.41, 5.74) is -1.07. The highest BCUT2D eigenvalue weighted by atomic mass is 16.6. The van der Waals surface area contributed by atoms with Crippen molar-refractivity contribution in [2.24, 2.45) is 11.8 Å². The molecule has 0 aliphatic rings. The molecule has 0 radical (unpaired) electrons. The number of likely N-dealkylation sites (N-methyl/N-ethyl adjacent to an activating group) is 1. The number of rotatable bonds is 17. The molecule has 0 aromatic rings. The van der Waals surface area contributed by atoms with E-state index in [0.29, 0.717) is 0 Å².